The Hall–Kier alpha value is -1.66. The van der Waals surface area contributed by atoms with E-state index >= 15 is 0 Å². The molecule has 1 radical (unpaired) electrons. The minimum atomic E-state index is -0.642. The van der Waals surface area contributed by atoms with Crippen molar-refractivity contribution in [2.24, 2.45) is 10.3 Å². The predicted octanol–water partition coefficient (Wildman–Crippen LogP) is 4.53. The molecular weight excluding hydrogens is 383 g/mol. The number of nitrogens with zero attached hydrogens (tertiary/aromatic N) is 2. The Morgan fingerprint density at radius 3 is 1.96 bits per heavy atom. The maximum Gasteiger partial charge on any atom is 0.281 e. The molecule has 151 valence electrons. The van der Waals surface area contributed by atoms with Gasteiger partial charge in [-0.1, -0.05) is 12.6 Å². The van der Waals surface area contributed by atoms with Crippen molar-refractivity contribution in [2.45, 2.75) is 74.0 Å². The van der Waals surface area contributed by atoms with E-state index in [1.807, 2.05) is 55.4 Å². The standard InChI is InChI=1S/C19H28N2O4.CH4.V/c1-10-11(2)13(4)16(22)14(12(10)3)15(20-23-9)17-21-25-19(7,8)18(5,6)24-17;;/h22H,1-9H3;1H4;. The summed E-state index contributed by atoms with van der Waals surface area (Å²) in [5.74, 6) is 0.331. The number of oxime groups is 2. The summed E-state index contributed by atoms with van der Waals surface area (Å²) in [7, 11) is 1.44. The van der Waals surface area contributed by atoms with Crippen molar-refractivity contribution in [3.05, 3.63) is 27.8 Å². The van der Waals surface area contributed by atoms with Crippen LogP contribution in [0.4, 0.5) is 0 Å². The van der Waals surface area contributed by atoms with Gasteiger partial charge in [0.2, 0.25) is 0 Å². The molecule has 0 saturated heterocycles. The molecule has 0 saturated carbocycles. The fraction of sp³-hybridized carbons (Fsp3) is 0.600. The zero-order chi connectivity index (χ0) is 19.2. The second-order valence-electron chi connectivity index (χ2n) is 7.46. The molecule has 1 aliphatic heterocycles. The summed E-state index contributed by atoms with van der Waals surface area (Å²) in [4.78, 5) is 10.7. The van der Waals surface area contributed by atoms with E-state index in [1.54, 1.807) is 0 Å². The predicted molar refractivity (Wildman–Crippen MR) is 105 cm³/mol. The Balaban J connectivity index is 0.00000338. The van der Waals surface area contributed by atoms with Gasteiger partial charge in [-0.3, -0.25) is 0 Å². The summed E-state index contributed by atoms with van der Waals surface area (Å²) in [6.07, 6.45) is 0. The molecular formula is C20H32N2O4V. The molecule has 0 bridgehead atoms. The molecule has 0 atom stereocenters. The van der Waals surface area contributed by atoms with Crippen LogP contribution >= 0.6 is 0 Å². The van der Waals surface area contributed by atoms with Crippen LogP contribution in [0.25, 0.3) is 0 Å². The van der Waals surface area contributed by atoms with Crippen molar-refractivity contribution in [3.63, 3.8) is 0 Å². The molecule has 0 aromatic heterocycles. The van der Waals surface area contributed by atoms with Crippen LogP contribution in [-0.2, 0) is 33.0 Å². The normalized spacial score (nSPS) is 17.5. The summed E-state index contributed by atoms with van der Waals surface area (Å²) < 4.78 is 6.08. The molecule has 1 aromatic rings. The van der Waals surface area contributed by atoms with Gasteiger partial charge in [-0.15, -0.1) is 0 Å². The van der Waals surface area contributed by atoms with E-state index in [9.17, 15) is 5.11 Å². The van der Waals surface area contributed by atoms with Gasteiger partial charge in [0.15, 0.2) is 11.3 Å². The van der Waals surface area contributed by atoms with Gasteiger partial charge in [-0.25, -0.2) is 0 Å². The topological polar surface area (TPSA) is 72.6 Å². The van der Waals surface area contributed by atoms with Crippen molar-refractivity contribution in [3.8, 4) is 5.75 Å². The molecule has 0 amide bonds. The number of hydrogen-bond donors (Lipinski definition) is 1. The summed E-state index contributed by atoms with van der Waals surface area (Å²) in [5.41, 5.74) is 3.41. The molecule has 0 unspecified atom stereocenters. The van der Waals surface area contributed by atoms with E-state index in [0.717, 1.165) is 22.3 Å². The average molecular weight is 415 g/mol. The molecule has 27 heavy (non-hydrogen) atoms. The average Bonchev–Trinajstić information content (AvgIpc) is 2.53. The summed E-state index contributed by atoms with van der Waals surface area (Å²) >= 11 is 0. The first-order chi connectivity index (χ1) is 11.4. The zero-order valence-corrected chi connectivity index (χ0v) is 18.4. The van der Waals surface area contributed by atoms with E-state index < -0.39 is 11.2 Å². The van der Waals surface area contributed by atoms with Crippen LogP contribution in [0, 0.1) is 27.7 Å². The van der Waals surface area contributed by atoms with Gasteiger partial charge >= 0.3 is 0 Å². The van der Waals surface area contributed by atoms with Crippen LogP contribution < -0.4 is 0 Å². The summed E-state index contributed by atoms with van der Waals surface area (Å²) in [6.45, 7) is 15.5. The fourth-order valence-corrected chi connectivity index (χ4v) is 2.61. The Morgan fingerprint density at radius 1 is 0.963 bits per heavy atom. The molecule has 1 N–H and O–H groups in total. The number of rotatable bonds is 3. The molecule has 6 nitrogen and oxygen atoms in total. The Morgan fingerprint density at radius 2 is 1.48 bits per heavy atom. The molecule has 2 rings (SSSR count). The maximum atomic E-state index is 10.8. The van der Waals surface area contributed by atoms with E-state index in [2.05, 4.69) is 10.3 Å². The molecule has 0 fully saturated rings. The molecule has 0 aliphatic carbocycles. The fourth-order valence-electron chi connectivity index (χ4n) is 2.61. The number of aromatic hydroxyl groups is 1. The Labute approximate surface area is 174 Å². The monoisotopic (exact) mass is 415 g/mol. The van der Waals surface area contributed by atoms with Gasteiger partial charge in [-0.05, 0) is 82.8 Å². The van der Waals surface area contributed by atoms with E-state index in [1.165, 1.54) is 7.11 Å². The molecule has 7 heteroatoms. The number of benzene rings is 1. The van der Waals surface area contributed by atoms with Crippen molar-refractivity contribution in [2.75, 3.05) is 7.11 Å². The van der Waals surface area contributed by atoms with E-state index in [0.29, 0.717) is 11.3 Å². The number of phenols is 1. The van der Waals surface area contributed by atoms with Crippen molar-refractivity contribution in [1.82, 2.24) is 0 Å². The van der Waals surface area contributed by atoms with E-state index in [4.69, 9.17) is 14.4 Å². The van der Waals surface area contributed by atoms with Gasteiger partial charge in [-0.2, -0.15) is 0 Å². The molecule has 1 aliphatic rings. The van der Waals surface area contributed by atoms with Gasteiger partial charge in [0, 0.05) is 18.6 Å². The van der Waals surface area contributed by atoms with Gasteiger partial charge < -0.3 is 19.5 Å². The first-order valence-corrected chi connectivity index (χ1v) is 8.31. The third kappa shape index (κ3) is 4.27. The smallest absolute Gasteiger partial charge is 0.281 e. The van der Waals surface area contributed by atoms with Gasteiger partial charge in [0.1, 0.15) is 18.5 Å². The minimum absolute atomic E-state index is 0. The molecule has 1 heterocycles. The summed E-state index contributed by atoms with van der Waals surface area (Å²) in [5, 5.41) is 19.0. The minimum Gasteiger partial charge on any atom is -0.507 e. The van der Waals surface area contributed by atoms with Crippen LogP contribution in [0.5, 0.6) is 5.75 Å². The second-order valence-corrected chi connectivity index (χ2v) is 7.46. The Kier molecular flexibility index (Phi) is 8.04. The van der Waals surface area contributed by atoms with Crippen LogP contribution in [0.1, 0.15) is 62.9 Å². The third-order valence-corrected chi connectivity index (χ3v) is 5.43. The maximum absolute atomic E-state index is 10.8. The zero-order valence-electron chi connectivity index (χ0n) is 17.0. The first-order valence-electron chi connectivity index (χ1n) is 8.31. The van der Waals surface area contributed by atoms with Crippen molar-refractivity contribution in [1.29, 1.82) is 0 Å². The third-order valence-electron chi connectivity index (χ3n) is 5.43. The van der Waals surface area contributed by atoms with E-state index in [-0.39, 0.29) is 37.6 Å². The quantitative estimate of drug-likeness (QED) is 0.582. The van der Waals surface area contributed by atoms with Crippen LogP contribution in [0.15, 0.2) is 10.3 Å². The van der Waals surface area contributed by atoms with Crippen molar-refractivity contribution >= 4 is 11.6 Å². The van der Waals surface area contributed by atoms with Crippen LogP contribution in [0.3, 0.4) is 0 Å². The van der Waals surface area contributed by atoms with Crippen LogP contribution in [0.2, 0.25) is 0 Å². The van der Waals surface area contributed by atoms with Gasteiger partial charge in [0.25, 0.3) is 5.90 Å². The van der Waals surface area contributed by atoms with Crippen molar-refractivity contribution < 1.29 is 38.1 Å². The molecule has 0 spiro atoms. The largest absolute Gasteiger partial charge is 0.507 e. The first kappa shape index (κ1) is 25.3. The van der Waals surface area contributed by atoms with Crippen LogP contribution in [-0.4, -0.2) is 35.0 Å². The Bertz CT molecular complexity index is 739. The number of phenolic OH excluding ortho intramolecular Hbond substituents is 1. The SMILES string of the molecule is C.CON=C(C1=NOC(C)(C)C(C)(C)O1)c1c(C)c(C)c(C)c(C)c1O.[V]. The van der Waals surface area contributed by atoms with Gasteiger partial charge in [0.05, 0.1) is 5.56 Å². The second kappa shape index (κ2) is 8.57. The number of hydrogen-bond acceptors (Lipinski definition) is 6. The summed E-state index contributed by atoms with van der Waals surface area (Å²) in [6, 6.07) is 0. The number of ether oxygens (including phenoxy) is 1. The molecule has 1 aromatic carbocycles.